The van der Waals surface area contributed by atoms with Gasteiger partial charge in [-0.2, -0.15) is 0 Å². The first-order valence-electron chi connectivity index (χ1n) is 21.3. The third-order valence-electron chi connectivity index (χ3n) is 12.5. The molecule has 4 aromatic heterocycles. The molecule has 0 spiro atoms. The Balaban J connectivity index is 0.993. The fourth-order valence-corrected chi connectivity index (χ4v) is 10.2. The lowest BCUT2D eigenvalue weighted by molar-refractivity contribution is -0.135. The Bertz CT molecular complexity index is 3230. The topological polar surface area (TPSA) is 176 Å². The Hall–Kier alpha value is -6.74. The molecule has 2 saturated heterocycles. The van der Waals surface area contributed by atoms with E-state index in [4.69, 9.17) is 32.9 Å². The largest absolute Gasteiger partial charge is 0.480 e. The van der Waals surface area contributed by atoms with Crippen LogP contribution in [0.1, 0.15) is 89.3 Å². The van der Waals surface area contributed by atoms with Crippen LogP contribution in [0.5, 0.6) is 5.88 Å². The molecule has 7 heterocycles. The number of ether oxygens (including phenoxy) is 1. The highest BCUT2D eigenvalue weighted by Gasteiger charge is 2.54. The number of imidazole rings is 2. The van der Waals surface area contributed by atoms with Gasteiger partial charge in [0.1, 0.15) is 17.6 Å². The van der Waals surface area contributed by atoms with Gasteiger partial charge in [-0.15, -0.1) is 0 Å². The van der Waals surface area contributed by atoms with Crippen molar-refractivity contribution < 1.29 is 23.9 Å². The van der Waals surface area contributed by atoms with E-state index in [0.29, 0.717) is 75.8 Å². The van der Waals surface area contributed by atoms with E-state index < -0.39 is 28.6 Å². The lowest BCUT2D eigenvalue weighted by Crippen LogP contribution is -2.49. The first kappa shape index (κ1) is 44.5. The first-order chi connectivity index (χ1) is 31.5. The summed E-state index contributed by atoms with van der Waals surface area (Å²) < 4.78 is 11.9. The zero-order valence-corrected chi connectivity index (χ0v) is 39.0. The summed E-state index contributed by atoms with van der Waals surface area (Å²) in [6.07, 6.45) is 4.58. The van der Waals surface area contributed by atoms with Gasteiger partial charge in [-0.05, 0) is 81.1 Å². The number of rotatable bonds is 7. The van der Waals surface area contributed by atoms with Gasteiger partial charge in [0.05, 0.1) is 55.4 Å². The zero-order valence-electron chi connectivity index (χ0n) is 36.5. The number of likely N-dealkylation sites (tertiary alicyclic amines) is 1. The van der Waals surface area contributed by atoms with Gasteiger partial charge in [-0.25, -0.2) is 14.8 Å². The maximum atomic E-state index is 14.7. The summed E-state index contributed by atoms with van der Waals surface area (Å²) in [5.41, 5.74) is 2.92. The molecule has 3 radical (unpaired) electrons. The van der Waals surface area contributed by atoms with Crippen LogP contribution in [0.2, 0.25) is 10.0 Å². The Morgan fingerprint density at radius 2 is 1.68 bits per heavy atom. The number of imide groups is 1. The summed E-state index contributed by atoms with van der Waals surface area (Å²) in [6, 6.07) is 14.4. The maximum absolute atomic E-state index is 14.7. The van der Waals surface area contributed by atoms with Crippen molar-refractivity contribution in [3.63, 3.8) is 0 Å². The quantitative estimate of drug-likeness (QED) is 0.130. The number of halogens is 2. The number of benzene rings is 2. The van der Waals surface area contributed by atoms with E-state index in [9.17, 15) is 28.8 Å². The van der Waals surface area contributed by atoms with Crippen LogP contribution >= 0.6 is 23.2 Å². The lowest BCUT2D eigenvalue weighted by atomic mass is 9.96. The van der Waals surface area contributed by atoms with Crippen LogP contribution in [-0.4, -0.2) is 87.2 Å². The van der Waals surface area contributed by atoms with Crippen molar-refractivity contribution in [3.8, 4) is 29.1 Å². The third kappa shape index (κ3) is 7.33. The Kier molecular flexibility index (Phi) is 11.4. The smallest absolute Gasteiger partial charge is 0.329 e. The molecule has 1 unspecified atom stereocenters. The van der Waals surface area contributed by atoms with Crippen molar-refractivity contribution in [3.05, 3.63) is 126 Å². The number of aryl methyl sites for hydroxylation is 2. The minimum atomic E-state index is -1.47. The standard InChI is InChI=1S/C47H42Cl2N9O7Si/c1-25(2)56-39-38(45(63)58(36-22-31(49)24-53(3)44(36)62)47(39,66)29-9-11-30(48)12-10-29)52-40(56)32-21-28(23-50-42(32)65-5)43(61)55-18-16-26(17-19-55)6-7-27-8-13-33-35(20-27)54(4)46(64)57(33)34-14-15-37(59)51-41(34)60/h8-13,20-26,34H,14-19H2,1-5H3,(H,51,59,60)/t34?,47-/m0/s1. The molecule has 2 atom stereocenters. The fraction of sp³-hybridized carbons (Fsp3) is 0.319. The number of amides is 4. The SMILES string of the molecule is COc1ncc(C(=O)N2CCC(C#Cc3ccc4c(c3)n(C)c(=O)n4C3CCC(=O)NC3=O)CC2)cc1-c1nc2c(n1C(C)C)[C@@]([Si])(c1ccc(Cl)cc1)N(c1cc(Cl)cn(C)c1=O)C2=O. The molecule has 2 fully saturated rings. The number of carbonyl (C=O) groups is 4. The summed E-state index contributed by atoms with van der Waals surface area (Å²) in [5.74, 6) is 5.48. The minimum Gasteiger partial charge on any atom is -0.480 e. The van der Waals surface area contributed by atoms with Gasteiger partial charge in [0.2, 0.25) is 17.7 Å². The number of aromatic nitrogens is 6. The molecule has 1 N–H and O–H groups in total. The lowest BCUT2D eigenvalue weighted by Gasteiger charge is -2.37. The molecule has 335 valence electrons. The number of nitrogens with zero attached hydrogens (tertiary/aromatic N) is 8. The number of hydrogen-bond donors (Lipinski definition) is 1. The molecule has 6 aromatic rings. The second-order valence-electron chi connectivity index (χ2n) is 16.9. The van der Waals surface area contributed by atoms with Gasteiger partial charge in [0, 0.05) is 68.5 Å². The van der Waals surface area contributed by atoms with Crippen molar-refractivity contribution in [2.24, 2.45) is 20.0 Å². The molecular weight excluding hydrogens is 902 g/mol. The summed E-state index contributed by atoms with van der Waals surface area (Å²) >= 11 is 12.8. The van der Waals surface area contributed by atoms with E-state index in [0.717, 1.165) is 0 Å². The third-order valence-corrected chi connectivity index (χ3v) is 13.7. The molecule has 2 aromatic carbocycles. The Morgan fingerprint density at radius 1 is 0.955 bits per heavy atom. The first-order valence-corrected chi connectivity index (χ1v) is 22.5. The summed E-state index contributed by atoms with van der Waals surface area (Å²) in [6.45, 7) is 4.76. The van der Waals surface area contributed by atoms with Gasteiger partial charge in [-0.1, -0.05) is 47.2 Å². The number of hydrogen-bond acceptors (Lipinski definition) is 9. The second kappa shape index (κ2) is 16.9. The molecule has 4 amide bonds. The van der Waals surface area contributed by atoms with Crippen LogP contribution in [0.15, 0.2) is 76.6 Å². The predicted octanol–water partition coefficient (Wildman–Crippen LogP) is 5.11. The monoisotopic (exact) mass is 942 g/mol. The van der Waals surface area contributed by atoms with E-state index in [1.807, 2.05) is 30.5 Å². The van der Waals surface area contributed by atoms with Crippen molar-refractivity contribution in [2.45, 2.75) is 56.8 Å². The molecule has 66 heavy (non-hydrogen) atoms. The van der Waals surface area contributed by atoms with E-state index in [1.165, 1.54) is 44.2 Å². The average molecular weight is 944 g/mol. The molecule has 3 aliphatic rings. The van der Waals surface area contributed by atoms with Crippen LogP contribution in [0, 0.1) is 17.8 Å². The van der Waals surface area contributed by atoms with Gasteiger partial charge < -0.3 is 18.8 Å². The van der Waals surface area contributed by atoms with Crippen LogP contribution < -0.4 is 26.2 Å². The zero-order chi connectivity index (χ0) is 46.9. The van der Waals surface area contributed by atoms with Crippen LogP contribution in [0.4, 0.5) is 5.69 Å². The van der Waals surface area contributed by atoms with Crippen molar-refractivity contribution in [1.29, 1.82) is 0 Å². The minimum absolute atomic E-state index is 0.00120. The molecular formula is C47H42Cl2N9O7Si. The number of methoxy groups -OCH3 is 1. The average Bonchev–Trinajstić information content (AvgIpc) is 3.89. The van der Waals surface area contributed by atoms with Crippen molar-refractivity contribution >= 4 is 73.8 Å². The van der Waals surface area contributed by atoms with E-state index >= 15 is 0 Å². The number of fused-ring (bicyclic) bond motifs is 2. The number of nitrogens with one attached hydrogen (secondary N) is 1. The Labute approximate surface area is 391 Å². The van der Waals surface area contributed by atoms with Gasteiger partial charge in [-0.3, -0.25) is 43.3 Å². The molecule has 0 saturated carbocycles. The van der Waals surface area contributed by atoms with E-state index in [-0.39, 0.29) is 64.6 Å². The molecule has 16 nitrogen and oxygen atoms in total. The second-order valence-corrected chi connectivity index (χ2v) is 18.5. The molecule has 0 bridgehead atoms. The van der Waals surface area contributed by atoms with Gasteiger partial charge >= 0.3 is 5.69 Å². The van der Waals surface area contributed by atoms with Gasteiger partial charge in [0.15, 0.2) is 5.69 Å². The van der Waals surface area contributed by atoms with E-state index in [2.05, 4.69) is 32.4 Å². The number of pyridine rings is 2. The number of anilines is 1. The van der Waals surface area contributed by atoms with Crippen molar-refractivity contribution in [1.82, 2.24) is 38.5 Å². The Morgan fingerprint density at radius 3 is 2.36 bits per heavy atom. The number of piperidine rings is 2. The van der Waals surface area contributed by atoms with E-state index in [1.54, 1.807) is 55.4 Å². The summed E-state index contributed by atoms with van der Waals surface area (Å²) in [7, 11) is 8.70. The van der Waals surface area contributed by atoms with Gasteiger partial charge in [0.25, 0.3) is 17.4 Å². The normalized spacial score (nSPS) is 18.7. The molecule has 19 heteroatoms. The summed E-state index contributed by atoms with van der Waals surface area (Å²) in [5, 5.41) is 1.58. The number of carbonyl (C=O) groups excluding carboxylic acids is 4. The summed E-state index contributed by atoms with van der Waals surface area (Å²) in [4.78, 5) is 92.9. The predicted molar refractivity (Wildman–Crippen MR) is 248 cm³/mol. The van der Waals surface area contributed by atoms with Crippen LogP contribution in [-0.2, 0) is 28.8 Å². The highest BCUT2D eigenvalue weighted by atomic mass is 35.5. The van der Waals surface area contributed by atoms with Crippen LogP contribution in [0.3, 0.4) is 0 Å². The molecule has 0 aliphatic carbocycles. The van der Waals surface area contributed by atoms with Crippen LogP contribution in [0.25, 0.3) is 22.4 Å². The van der Waals surface area contributed by atoms with Crippen molar-refractivity contribution in [2.75, 3.05) is 25.1 Å². The highest BCUT2D eigenvalue weighted by Crippen LogP contribution is 2.48. The molecule has 9 rings (SSSR count). The maximum Gasteiger partial charge on any atom is 0.329 e. The highest BCUT2D eigenvalue weighted by molar-refractivity contribution is 6.32. The fourth-order valence-electron chi connectivity index (χ4n) is 9.20. The molecule has 3 aliphatic heterocycles.